The van der Waals surface area contributed by atoms with Crippen LogP contribution in [0.15, 0.2) is 61.4 Å². The van der Waals surface area contributed by atoms with Crippen LogP contribution in [0, 0.1) is 5.95 Å². The van der Waals surface area contributed by atoms with Crippen LogP contribution in [0.4, 0.5) is 16.0 Å². The van der Waals surface area contributed by atoms with Gasteiger partial charge >= 0.3 is 0 Å². The molecule has 0 aromatic carbocycles. The number of fused-ring (bicyclic) bond motifs is 2. The number of hydrogen-bond acceptors (Lipinski definition) is 5. The summed E-state index contributed by atoms with van der Waals surface area (Å²) in [5.74, 6) is 0.0787. The van der Waals surface area contributed by atoms with Crippen LogP contribution in [0.2, 0.25) is 0 Å². The number of pyridine rings is 2. The monoisotopic (exact) mass is 345 g/mol. The molecule has 0 fully saturated rings. The molecule has 0 radical (unpaired) electrons. The van der Waals surface area contributed by atoms with Gasteiger partial charge in [-0.2, -0.15) is 9.37 Å². The first-order chi connectivity index (χ1) is 12.8. The van der Waals surface area contributed by atoms with E-state index in [-0.39, 0.29) is 0 Å². The molecule has 7 nitrogen and oxygen atoms in total. The minimum absolute atomic E-state index is 0.401. The van der Waals surface area contributed by atoms with Gasteiger partial charge in [-0.25, -0.2) is 9.97 Å². The molecule has 0 saturated heterocycles. The summed E-state index contributed by atoms with van der Waals surface area (Å²) in [6.07, 6.45) is 9.88. The van der Waals surface area contributed by atoms with Crippen molar-refractivity contribution < 1.29 is 4.39 Å². The smallest absolute Gasteiger partial charge is 0.229 e. The van der Waals surface area contributed by atoms with E-state index in [2.05, 4.69) is 30.2 Å². The molecule has 0 aliphatic heterocycles. The molecule has 0 atom stereocenters. The van der Waals surface area contributed by atoms with Crippen LogP contribution in [0.3, 0.4) is 0 Å². The van der Waals surface area contributed by atoms with E-state index < -0.39 is 5.95 Å². The quantitative estimate of drug-likeness (QED) is 0.522. The number of H-pyrrole nitrogens is 1. The van der Waals surface area contributed by atoms with Crippen LogP contribution < -0.4 is 5.32 Å². The number of rotatable bonds is 3. The Morgan fingerprint density at radius 1 is 1.04 bits per heavy atom. The van der Waals surface area contributed by atoms with Gasteiger partial charge in [0.15, 0.2) is 0 Å². The lowest BCUT2D eigenvalue weighted by Crippen LogP contribution is -1.96. The van der Waals surface area contributed by atoms with E-state index in [4.69, 9.17) is 0 Å². The first-order valence-electron chi connectivity index (χ1n) is 7.92. The summed E-state index contributed by atoms with van der Waals surface area (Å²) in [6.45, 7) is 0. The van der Waals surface area contributed by atoms with Gasteiger partial charge in [0, 0.05) is 53.2 Å². The minimum atomic E-state index is -0.401. The molecule has 5 rings (SSSR count). The molecule has 5 aromatic rings. The first-order valence-corrected chi connectivity index (χ1v) is 7.92. The van der Waals surface area contributed by atoms with Crippen molar-refractivity contribution in [2.75, 3.05) is 5.32 Å². The Kier molecular flexibility index (Phi) is 3.14. The van der Waals surface area contributed by atoms with E-state index in [1.54, 1.807) is 30.9 Å². The standard InChI is InChI=1S/C18H12FN7/c19-15-9-21-16-2-1-11(10-26(15)16)13-7-22-17-14(13)8-23-18(25-17)24-12-3-5-20-6-4-12/h1-10H,(H2,20,22,23,24,25). The number of nitrogens with zero attached hydrogens (tertiary/aromatic N) is 5. The molecule has 0 spiro atoms. The van der Waals surface area contributed by atoms with E-state index in [9.17, 15) is 4.39 Å². The fraction of sp³-hybridized carbons (Fsp3) is 0. The van der Waals surface area contributed by atoms with Gasteiger partial charge in [0.2, 0.25) is 11.9 Å². The van der Waals surface area contributed by atoms with Crippen molar-refractivity contribution in [3.63, 3.8) is 0 Å². The number of halogens is 1. The lowest BCUT2D eigenvalue weighted by Gasteiger charge is -2.04. The molecule has 0 saturated carbocycles. The summed E-state index contributed by atoms with van der Waals surface area (Å²) in [5.41, 5.74) is 3.85. The Labute approximate surface area is 146 Å². The highest BCUT2D eigenvalue weighted by molar-refractivity contribution is 5.93. The van der Waals surface area contributed by atoms with Gasteiger partial charge in [0.1, 0.15) is 11.3 Å². The Morgan fingerprint density at radius 3 is 2.81 bits per heavy atom. The van der Waals surface area contributed by atoms with Crippen LogP contribution in [-0.2, 0) is 0 Å². The molecule has 0 bridgehead atoms. The zero-order valence-electron chi connectivity index (χ0n) is 13.4. The molecule has 5 aromatic heterocycles. The SMILES string of the molecule is Fc1cnc2ccc(-c3c[nH]c4nc(Nc5ccncc5)ncc34)cn12. The fourth-order valence-electron chi connectivity index (χ4n) is 2.88. The van der Waals surface area contributed by atoms with Crippen LogP contribution in [0.25, 0.3) is 27.8 Å². The molecule has 126 valence electrons. The van der Waals surface area contributed by atoms with Gasteiger partial charge < -0.3 is 10.3 Å². The van der Waals surface area contributed by atoms with Crippen LogP contribution in [-0.4, -0.2) is 29.3 Å². The van der Waals surface area contributed by atoms with Gasteiger partial charge in [-0.3, -0.25) is 9.38 Å². The summed E-state index contributed by atoms with van der Waals surface area (Å²) >= 11 is 0. The Hall–Kier alpha value is -3.81. The van der Waals surface area contributed by atoms with Crippen molar-refractivity contribution in [2.24, 2.45) is 0 Å². The number of imidazole rings is 1. The third-order valence-corrected chi connectivity index (χ3v) is 4.14. The number of nitrogens with one attached hydrogen (secondary N) is 2. The Balaban J connectivity index is 1.55. The zero-order valence-corrected chi connectivity index (χ0v) is 13.4. The highest BCUT2D eigenvalue weighted by Gasteiger charge is 2.11. The first kappa shape index (κ1) is 14.5. The molecule has 0 aliphatic rings. The maximum absolute atomic E-state index is 13.8. The van der Waals surface area contributed by atoms with Gasteiger partial charge in [-0.15, -0.1) is 0 Å². The minimum Gasteiger partial charge on any atom is -0.345 e. The van der Waals surface area contributed by atoms with Gasteiger partial charge in [-0.05, 0) is 24.3 Å². The van der Waals surface area contributed by atoms with Crippen molar-refractivity contribution in [3.05, 3.63) is 67.4 Å². The molecule has 0 aliphatic carbocycles. The second-order valence-corrected chi connectivity index (χ2v) is 5.75. The number of aromatic amines is 1. The highest BCUT2D eigenvalue weighted by Crippen LogP contribution is 2.28. The number of hydrogen-bond donors (Lipinski definition) is 2. The summed E-state index contributed by atoms with van der Waals surface area (Å²) in [4.78, 5) is 20.0. The predicted octanol–water partition coefficient (Wildman–Crippen LogP) is 3.55. The number of aromatic nitrogens is 6. The van der Waals surface area contributed by atoms with Gasteiger partial charge in [0.25, 0.3) is 0 Å². The van der Waals surface area contributed by atoms with Crippen molar-refractivity contribution in [1.82, 2.24) is 29.3 Å². The molecule has 0 unspecified atom stereocenters. The average Bonchev–Trinajstić information content (AvgIpc) is 3.26. The van der Waals surface area contributed by atoms with Crippen molar-refractivity contribution >= 4 is 28.3 Å². The summed E-state index contributed by atoms with van der Waals surface area (Å²) in [6, 6.07) is 7.34. The van der Waals surface area contributed by atoms with Crippen molar-refractivity contribution in [2.45, 2.75) is 0 Å². The molecular weight excluding hydrogens is 333 g/mol. The fourth-order valence-corrected chi connectivity index (χ4v) is 2.88. The van der Waals surface area contributed by atoms with Gasteiger partial charge in [-0.1, -0.05) is 0 Å². The van der Waals surface area contributed by atoms with Crippen molar-refractivity contribution in [3.8, 4) is 11.1 Å². The van der Waals surface area contributed by atoms with Crippen LogP contribution >= 0.6 is 0 Å². The number of anilines is 2. The molecule has 2 N–H and O–H groups in total. The molecule has 0 amide bonds. The third-order valence-electron chi connectivity index (χ3n) is 4.14. The topological polar surface area (TPSA) is 83.8 Å². The van der Waals surface area contributed by atoms with E-state index >= 15 is 0 Å². The van der Waals surface area contributed by atoms with Crippen molar-refractivity contribution in [1.29, 1.82) is 0 Å². The molecule has 5 heterocycles. The summed E-state index contributed by atoms with van der Waals surface area (Å²) in [5, 5.41) is 3.98. The van der Waals surface area contributed by atoms with E-state index in [1.807, 2.05) is 24.4 Å². The zero-order chi connectivity index (χ0) is 17.5. The lowest BCUT2D eigenvalue weighted by atomic mass is 10.1. The highest BCUT2D eigenvalue weighted by atomic mass is 19.1. The normalized spacial score (nSPS) is 11.3. The Bertz CT molecular complexity index is 1230. The summed E-state index contributed by atoms with van der Waals surface area (Å²) in [7, 11) is 0. The van der Waals surface area contributed by atoms with Gasteiger partial charge in [0.05, 0.1) is 6.20 Å². The van der Waals surface area contributed by atoms with Crippen LogP contribution in [0.5, 0.6) is 0 Å². The lowest BCUT2D eigenvalue weighted by molar-refractivity contribution is 0.573. The van der Waals surface area contributed by atoms with Crippen LogP contribution in [0.1, 0.15) is 0 Å². The van der Waals surface area contributed by atoms with E-state index in [1.165, 1.54) is 10.6 Å². The van der Waals surface area contributed by atoms with E-state index in [0.29, 0.717) is 17.2 Å². The summed E-state index contributed by atoms with van der Waals surface area (Å²) < 4.78 is 15.2. The second-order valence-electron chi connectivity index (χ2n) is 5.75. The predicted molar refractivity (Wildman–Crippen MR) is 95.6 cm³/mol. The maximum atomic E-state index is 13.8. The maximum Gasteiger partial charge on any atom is 0.229 e. The van der Waals surface area contributed by atoms with E-state index in [0.717, 1.165) is 22.2 Å². The second kappa shape index (κ2) is 5.62. The molecular formula is C18H12FN7. The Morgan fingerprint density at radius 2 is 1.92 bits per heavy atom. The average molecular weight is 345 g/mol. The molecule has 8 heteroatoms. The third kappa shape index (κ3) is 2.35. The molecule has 26 heavy (non-hydrogen) atoms. The largest absolute Gasteiger partial charge is 0.345 e.